The molecule has 0 spiro atoms. The molecular formula is C6H6BNO2. The Kier molecular flexibility index (Phi) is 2.17. The first kappa shape index (κ1) is 6.96. The lowest BCUT2D eigenvalue weighted by molar-refractivity contribution is 0.615. The first-order chi connectivity index (χ1) is 4.86. The Bertz CT molecular complexity index is 222. The van der Waals surface area contributed by atoms with E-state index < -0.39 is 0 Å². The van der Waals surface area contributed by atoms with Crippen LogP contribution >= 0.6 is 0 Å². The topological polar surface area (TPSA) is 49.7 Å². The van der Waals surface area contributed by atoms with Crippen LogP contribution in [-0.2, 0) is 0 Å². The van der Waals surface area contributed by atoms with E-state index in [1.54, 1.807) is 24.3 Å². The molecule has 1 aromatic rings. The predicted octanol–water partition coefficient (Wildman–Crippen LogP) is 0.0536. The van der Waals surface area contributed by atoms with Crippen molar-refractivity contribution in [1.29, 1.82) is 0 Å². The minimum Gasteiger partial charge on any atom is -0.449 e. The molecule has 3 nitrogen and oxygen atoms in total. The van der Waals surface area contributed by atoms with Crippen molar-refractivity contribution in [2.75, 3.05) is 0 Å². The van der Waals surface area contributed by atoms with Crippen LogP contribution in [0.1, 0.15) is 0 Å². The molecule has 0 aliphatic rings. The van der Waals surface area contributed by atoms with Crippen LogP contribution in [0.25, 0.3) is 0 Å². The fraction of sp³-hybridized carbons (Fsp3) is 0. The van der Waals surface area contributed by atoms with Gasteiger partial charge in [0.2, 0.25) is 0 Å². The molecule has 10 heavy (non-hydrogen) atoms. The van der Waals surface area contributed by atoms with Gasteiger partial charge in [0.15, 0.2) is 0 Å². The molecule has 0 bridgehead atoms. The van der Waals surface area contributed by atoms with Gasteiger partial charge in [-0.15, -0.1) is 4.91 Å². The maximum Gasteiger partial charge on any atom is 0.304 e. The molecule has 0 amide bonds. The van der Waals surface area contributed by atoms with Gasteiger partial charge in [-0.25, -0.2) is 0 Å². The van der Waals surface area contributed by atoms with Crippen molar-refractivity contribution in [2.45, 2.75) is 0 Å². The normalized spacial score (nSPS) is 8.90. The molecule has 4 heteroatoms. The zero-order chi connectivity index (χ0) is 7.40. The minimum absolute atomic E-state index is 0.000856. The van der Waals surface area contributed by atoms with E-state index >= 15 is 0 Å². The van der Waals surface area contributed by atoms with Crippen molar-refractivity contribution < 1.29 is 5.02 Å². The molecule has 0 aliphatic carbocycles. The summed E-state index contributed by atoms with van der Waals surface area (Å²) in [5, 5.41) is 11.3. The van der Waals surface area contributed by atoms with Gasteiger partial charge in [-0.05, 0) is 17.3 Å². The van der Waals surface area contributed by atoms with Crippen molar-refractivity contribution in [2.24, 2.45) is 5.18 Å². The Morgan fingerprint density at radius 3 is 2.30 bits per heavy atom. The summed E-state index contributed by atoms with van der Waals surface area (Å²) < 4.78 is 0. The van der Waals surface area contributed by atoms with E-state index in [1.165, 1.54) is 0 Å². The lowest BCUT2D eigenvalue weighted by Gasteiger charge is -1.91. The van der Waals surface area contributed by atoms with E-state index in [-0.39, 0.29) is 7.48 Å². The molecule has 0 saturated carbocycles. The first-order valence-corrected chi connectivity index (χ1v) is 2.90. The Morgan fingerprint density at radius 1 is 1.30 bits per heavy atom. The van der Waals surface area contributed by atoms with Gasteiger partial charge in [0, 0.05) is 0 Å². The lowest BCUT2D eigenvalue weighted by atomic mass is 9.89. The Balaban J connectivity index is 2.90. The van der Waals surface area contributed by atoms with Gasteiger partial charge in [-0.1, -0.05) is 17.6 Å². The van der Waals surface area contributed by atoms with Crippen LogP contribution < -0.4 is 5.46 Å². The van der Waals surface area contributed by atoms with Crippen LogP contribution in [0.2, 0.25) is 0 Å². The summed E-state index contributed by atoms with van der Waals surface area (Å²) in [6.45, 7) is 0. The molecule has 0 radical (unpaired) electrons. The molecule has 0 aromatic heterocycles. The zero-order valence-corrected chi connectivity index (χ0v) is 5.32. The average molecular weight is 135 g/mol. The Labute approximate surface area is 58.9 Å². The first-order valence-electron chi connectivity index (χ1n) is 2.90. The number of rotatable bonds is 2. The average Bonchev–Trinajstić information content (AvgIpc) is 2.05. The van der Waals surface area contributed by atoms with Crippen molar-refractivity contribution in [3.8, 4) is 0 Å². The van der Waals surface area contributed by atoms with Crippen LogP contribution in [0.15, 0.2) is 29.4 Å². The minimum atomic E-state index is -0.000856. The molecule has 0 unspecified atom stereocenters. The van der Waals surface area contributed by atoms with E-state index in [0.29, 0.717) is 5.69 Å². The second-order valence-corrected chi connectivity index (χ2v) is 1.92. The molecule has 0 atom stereocenters. The summed E-state index contributed by atoms with van der Waals surface area (Å²) in [6, 6.07) is 6.46. The van der Waals surface area contributed by atoms with Crippen molar-refractivity contribution >= 4 is 18.6 Å². The SMILES string of the molecule is O=Nc1ccc(BO)cc1. The summed E-state index contributed by atoms with van der Waals surface area (Å²) in [6.07, 6.45) is 0. The molecule has 0 saturated heterocycles. The number of hydrogen-bond acceptors (Lipinski definition) is 3. The van der Waals surface area contributed by atoms with Gasteiger partial charge in [-0.3, -0.25) is 0 Å². The van der Waals surface area contributed by atoms with Gasteiger partial charge >= 0.3 is 7.48 Å². The summed E-state index contributed by atoms with van der Waals surface area (Å²) in [5.41, 5.74) is 1.17. The molecule has 1 rings (SSSR count). The molecule has 50 valence electrons. The highest BCUT2D eigenvalue weighted by Crippen LogP contribution is 2.06. The van der Waals surface area contributed by atoms with Crippen molar-refractivity contribution in [3.05, 3.63) is 29.2 Å². The van der Waals surface area contributed by atoms with E-state index in [4.69, 9.17) is 5.02 Å². The van der Waals surface area contributed by atoms with Gasteiger partial charge in [0.1, 0.15) is 5.69 Å². The highest BCUT2D eigenvalue weighted by atomic mass is 16.3. The highest BCUT2D eigenvalue weighted by molar-refractivity contribution is 6.45. The van der Waals surface area contributed by atoms with Gasteiger partial charge in [-0.2, -0.15) is 0 Å². The molecular weight excluding hydrogens is 129 g/mol. The summed E-state index contributed by atoms with van der Waals surface area (Å²) in [7, 11) is -0.000856. The quantitative estimate of drug-likeness (QED) is 0.460. The third-order valence-corrected chi connectivity index (χ3v) is 1.22. The molecule has 1 N–H and O–H groups in total. The monoisotopic (exact) mass is 135 g/mol. The third-order valence-electron chi connectivity index (χ3n) is 1.22. The van der Waals surface area contributed by atoms with Crippen LogP contribution in [-0.4, -0.2) is 12.5 Å². The van der Waals surface area contributed by atoms with Gasteiger partial charge < -0.3 is 5.02 Å². The Morgan fingerprint density at radius 2 is 1.90 bits per heavy atom. The zero-order valence-electron chi connectivity index (χ0n) is 5.32. The van der Waals surface area contributed by atoms with Crippen molar-refractivity contribution in [1.82, 2.24) is 0 Å². The van der Waals surface area contributed by atoms with Gasteiger partial charge in [0.05, 0.1) is 0 Å². The fourth-order valence-electron chi connectivity index (χ4n) is 0.662. The number of benzene rings is 1. The second kappa shape index (κ2) is 3.13. The third kappa shape index (κ3) is 1.42. The van der Waals surface area contributed by atoms with E-state index in [2.05, 4.69) is 5.18 Å². The molecule has 0 fully saturated rings. The van der Waals surface area contributed by atoms with E-state index in [0.717, 1.165) is 5.46 Å². The number of nitrogens with zero attached hydrogens (tertiary/aromatic N) is 1. The van der Waals surface area contributed by atoms with E-state index in [1.807, 2.05) is 0 Å². The van der Waals surface area contributed by atoms with Crippen LogP contribution in [0.5, 0.6) is 0 Å². The largest absolute Gasteiger partial charge is 0.449 e. The maximum atomic E-state index is 9.89. The number of hydrogen-bond donors (Lipinski definition) is 1. The molecule has 0 aliphatic heterocycles. The van der Waals surface area contributed by atoms with Crippen LogP contribution in [0, 0.1) is 4.91 Å². The second-order valence-electron chi connectivity index (χ2n) is 1.92. The fourth-order valence-corrected chi connectivity index (χ4v) is 0.662. The standard InChI is InChI=1S/C6H6BNO2/c9-7-5-1-3-6(8-10)4-2-5/h1-4,7,9H. The van der Waals surface area contributed by atoms with Crippen molar-refractivity contribution in [3.63, 3.8) is 0 Å². The Hall–Kier alpha value is -1.16. The lowest BCUT2D eigenvalue weighted by Crippen LogP contribution is -2.11. The summed E-state index contributed by atoms with van der Waals surface area (Å²) >= 11 is 0. The summed E-state index contributed by atoms with van der Waals surface area (Å²) in [4.78, 5) is 9.89. The highest BCUT2D eigenvalue weighted by Gasteiger charge is 1.92. The van der Waals surface area contributed by atoms with Crippen LogP contribution in [0.3, 0.4) is 0 Å². The molecule has 0 heterocycles. The smallest absolute Gasteiger partial charge is 0.304 e. The van der Waals surface area contributed by atoms with Crippen LogP contribution in [0.4, 0.5) is 5.69 Å². The molecule has 1 aromatic carbocycles. The van der Waals surface area contributed by atoms with Gasteiger partial charge in [0.25, 0.3) is 0 Å². The van der Waals surface area contributed by atoms with E-state index in [9.17, 15) is 4.91 Å². The number of nitroso groups, excluding NO2 is 1. The predicted molar refractivity (Wildman–Crippen MR) is 40.9 cm³/mol. The summed E-state index contributed by atoms with van der Waals surface area (Å²) in [5.74, 6) is 0. The maximum absolute atomic E-state index is 9.89.